The zero-order valence-electron chi connectivity index (χ0n) is 12.7. The molecule has 1 N–H and O–H groups in total. The van der Waals surface area contributed by atoms with Gasteiger partial charge < -0.3 is 5.32 Å². The van der Waals surface area contributed by atoms with Gasteiger partial charge in [0.1, 0.15) is 11.6 Å². The molecule has 2 aromatic rings. The number of nitrogens with one attached hydrogen (secondary N) is 1. The van der Waals surface area contributed by atoms with Crippen molar-refractivity contribution in [2.24, 2.45) is 0 Å². The van der Waals surface area contributed by atoms with E-state index in [1.165, 1.54) is 5.56 Å². The van der Waals surface area contributed by atoms with E-state index in [0.717, 1.165) is 49.7 Å². The van der Waals surface area contributed by atoms with E-state index in [1.807, 2.05) is 12.4 Å². The molecule has 4 nitrogen and oxygen atoms in total. The molecule has 2 aromatic heterocycles. The minimum Gasteiger partial charge on any atom is -0.313 e. The standard InChI is InChI=1S/C16H24N4/c1-4-6-15-18-10-11-20(15)16-8-7-14(13(3)19-16)12-17-9-5-2/h7-8,10-11,17H,4-6,9,12H2,1-3H3. The maximum atomic E-state index is 4.72. The van der Waals surface area contributed by atoms with Crippen molar-refractivity contribution in [1.82, 2.24) is 19.9 Å². The van der Waals surface area contributed by atoms with Gasteiger partial charge in [0.25, 0.3) is 0 Å². The summed E-state index contributed by atoms with van der Waals surface area (Å²) in [6, 6.07) is 4.24. The highest BCUT2D eigenvalue weighted by molar-refractivity contribution is 5.31. The van der Waals surface area contributed by atoms with Gasteiger partial charge in [-0.1, -0.05) is 19.9 Å². The summed E-state index contributed by atoms with van der Waals surface area (Å²) in [6.45, 7) is 8.35. The Balaban J connectivity index is 2.17. The molecule has 0 saturated heterocycles. The number of nitrogens with zero attached hydrogens (tertiary/aromatic N) is 3. The highest BCUT2D eigenvalue weighted by Crippen LogP contribution is 2.13. The lowest BCUT2D eigenvalue weighted by molar-refractivity contribution is 0.670. The second-order valence-corrected chi connectivity index (χ2v) is 5.05. The van der Waals surface area contributed by atoms with E-state index in [1.54, 1.807) is 0 Å². The summed E-state index contributed by atoms with van der Waals surface area (Å²) in [6.07, 6.45) is 7.06. The van der Waals surface area contributed by atoms with E-state index in [0.29, 0.717) is 0 Å². The van der Waals surface area contributed by atoms with Crippen LogP contribution in [0.1, 0.15) is 43.8 Å². The van der Waals surface area contributed by atoms with E-state index < -0.39 is 0 Å². The first-order valence-corrected chi connectivity index (χ1v) is 7.46. The van der Waals surface area contributed by atoms with Crippen LogP contribution in [0.25, 0.3) is 5.82 Å². The highest BCUT2D eigenvalue weighted by atomic mass is 15.1. The third-order valence-electron chi connectivity index (χ3n) is 3.36. The maximum Gasteiger partial charge on any atom is 0.138 e. The molecule has 0 aliphatic heterocycles. The van der Waals surface area contributed by atoms with E-state index in [2.05, 4.69) is 47.8 Å². The fourth-order valence-corrected chi connectivity index (χ4v) is 2.25. The van der Waals surface area contributed by atoms with Crippen molar-refractivity contribution in [3.05, 3.63) is 41.6 Å². The lowest BCUT2D eigenvalue weighted by Gasteiger charge is -2.11. The van der Waals surface area contributed by atoms with Gasteiger partial charge in [-0.15, -0.1) is 0 Å². The van der Waals surface area contributed by atoms with Gasteiger partial charge in [0.05, 0.1) is 0 Å². The zero-order valence-corrected chi connectivity index (χ0v) is 12.7. The summed E-state index contributed by atoms with van der Waals surface area (Å²) >= 11 is 0. The fraction of sp³-hybridized carbons (Fsp3) is 0.500. The number of hydrogen-bond acceptors (Lipinski definition) is 3. The lowest BCUT2D eigenvalue weighted by atomic mass is 10.2. The van der Waals surface area contributed by atoms with Crippen LogP contribution in [-0.2, 0) is 13.0 Å². The molecule has 0 unspecified atom stereocenters. The first-order chi connectivity index (χ1) is 9.76. The Bertz CT molecular complexity index is 545. The number of imidazole rings is 1. The van der Waals surface area contributed by atoms with Crippen LogP contribution in [0.4, 0.5) is 0 Å². The first-order valence-electron chi connectivity index (χ1n) is 7.46. The Hall–Kier alpha value is -1.68. The normalized spacial score (nSPS) is 10.9. The summed E-state index contributed by atoms with van der Waals surface area (Å²) < 4.78 is 2.08. The number of hydrogen-bond donors (Lipinski definition) is 1. The molecule has 0 atom stereocenters. The number of aryl methyl sites for hydroxylation is 2. The van der Waals surface area contributed by atoms with Crippen LogP contribution in [0.3, 0.4) is 0 Å². The number of rotatable bonds is 7. The zero-order chi connectivity index (χ0) is 14.4. The summed E-state index contributed by atoms with van der Waals surface area (Å²) in [5, 5.41) is 3.42. The molecule has 0 spiro atoms. The van der Waals surface area contributed by atoms with Gasteiger partial charge >= 0.3 is 0 Å². The van der Waals surface area contributed by atoms with Gasteiger partial charge in [0.15, 0.2) is 0 Å². The Morgan fingerprint density at radius 2 is 2.05 bits per heavy atom. The maximum absolute atomic E-state index is 4.72. The fourth-order valence-electron chi connectivity index (χ4n) is 2.25. The Morgan fingerprint density at radius 3 is 2.75 bits per heavy atom. The molecule has 0 aliphatic carbocycles. The van der Waals surface area contributed by atoms with Crippen molar-refractivity contribution in [3.63, 3.8) is 0 Å². The molecular formula is C16H24N4. The minimum atomic E-state index is 0.888. The molecule has 0 bridgehead atoms. The first kappa shape index (κ1) is 14.7. The van der Waals surface area contributed by atoms with Gasteiger partial charge in [0, 0.05) is 31.1 Å². The molecule has 0 radical (unpaired) electrons. The summed E-state index contributed by atoms with van der Waals surface area (Å²) in [5.41, 5.74) is 2.35. The molecule has 0 fully saturated rings. The summed E-state index contributed by atoms with van der Waals surface area (Å²) in [4.78, 5) is 9.13. The quantitative estimate of drug-likeness (QED) is 0.788. The minimum absolute atomic E-state index is 0.888. The van der Waals surface area contributed by atoms with Crippen LogP contribution in [0.15, 0.2) is 24.5 Å². The molecule has 0 aromatic carbocycles. The van der Waals surface area contributed by atoms with Crippen molar-refractivity contribution in [2.45, 2.75) is 46.6 Å². The van der Waals surface area contributed by atoms with E-state index in [-0.39, 0.29) is 0 Å². The van der Waals surface area contributed by atoms with Gasteiger partial charge in [-0.2, -0.15) is 0 Å². The average molecular weight is 272 g/mol. The third-order valence-corrected chi connectivity index (χ3v) is 3.36. The van der Waals surface area contributed by atoms with Crippen molar-refractivity contribution in [3.8, 4) is 5.82 Å². The smallest absolute Gasteiger partial charge is 0.138 e. The summed E-state index contributed by atoms with van der Waals surface area (Å²) in [7, 11) is 0. The molecule has 2 rings (SSSR count). The molecule has 0 aliphatic rings. The third kappa shape index (κ3) is 3.45. The average Bonchev–Trinajstić information content (AvgIpc) is 2.89. The van der Waals surface area contributed by atoms with Crippen molar-refractivity contribution < 1.29 is 0 Å². The molecule has 20 heavy (non-hydrogen) atoms. The number of pyridine rings is 1. The topological polar surface area (TPSA) is 42.7 Å². The van der Waals surface area contributed by atoms with Crippen LogP contribution < -0.4 is 5.32 Å². The van der Waals surface area contributed by atoms with Crippen LogP contribution in [-0.4, -0.2) is 21.1 Å². The van der Waals surface area contributed by atoms with Gasteiger partial charge in [-0.3, -0.25) is 4.57 Å². The predicted molar refractivity (Wildman–Crippen MR) is 82.1 cm³/mol. The molecule has 108 valence electrons. The molecular weight excluding hydrogens is 248 g/mol. The second kappa shape index (κ2) is 7.20. The van der Waals surface area contributed by atoms with E-state index in [9.17, 15) is 0 Å². The summed E-state index contributed by atoms with van der Waals surface area (Å²) in [5.74, 6) is 2.04. The van der Waals surface area contributed by atoms with Gasteiger partial charge in [-0.05, 0) is 37.9 Å². The highest BCUT2D eigenvalue weighted by Gasteiger charge is 2.07. The molecule has 0 saturated carbocycles. The predicted octanol–water partition coefficient (Wildman–Crippen LogP) is 3.03. The van der Waals surface area contributed by atoms with Crippen molar-refractivity contribution in [2.75, 3.05) is 6.54 Å². The largest absolute Gasteiger partial charge is 0.313 e. The van der Waals surface area contributed by atoms with E-state index >= 15 is 0 Å². The van der Waals surface area contributed by atoms with Crippen LogP contribution in [0.5, 0.6) is 0 Å². The van der Waals surface area contributed by atoms with Gasteiger partial charge in [0.2, 0.25) is 0 Å². The number of aromatic nitrogens is 3. The van der Waals surface area contributed by atoms with Crippen LogP contribution in [0.2, 0.25) is 0 Å². The monoisotopic (exact) mass is 272 g/mol. The molecule has 0 amide bonds. The molecule has 2 heterocycles. The Morgan fingerprint density at radius 1 is 1.20 bits per heavy atom. The SMILES string of the molecule is CCCNCc1ccc(-n2ccnc2CCC)nc1C. The van der Waals surface area contributed by atoms with Crippen molar-refractivity contribution in [1.29, 1.82) is 0 Å². The van der Waals surface area contributed by atoms with Crippen LogP contribution >= 0.6 is 0 Å². The Kier molecular flexibility index (Phi) is 5.30. The Labute approximate surface area is 121 Å². The van der Waals surface area contributed by atoms with Crippen LogP contribution in [0, 0.1) is 6.92 Å². The second-order valence-electron chi connectivity index (χ2n) is 5.05. The lowest BCUT2D eigenvalue weighted by Crippen LogP contribution is -2.15. The van der Waals surface area contributed by atoms with Gasteiger partial charge in [-0.25, -0.2) is 9.97 Å². The molecule has 4 heteroatoms. The van der Waals surface area contributed by atoms with Crippen molar-refractivity contribution >= 4 is 0 Å². The van der Waals surface area contributed by atoms with E-state index in [4.69, 9.17) is 4.98 Å².